The Morgan fingerprint density at radius 3 is 2.36 bits per heavy atom. The van der Waals surface area contributed by atoms with Gasteiger partial charge in [-0.2, -0.15) is 0 Å². The lowest BCUT2D eigenvalue weighted by Gasteiger charge is -2.00. The van der Waals surface area contributed by atoms with Gasteiger partial charge in [-0.15, -0.1) is 0 Å². The first-order valence-corrected chi connectivity index (χ1v) is 5.82. The molecule has 14 heavy (non-hydrogen) atoms. The molecule has 0 aliphatic carbocycles. The van der Waals surface area contributed by atoms with Crippen LogP contribution in [-0.2, 0) is 19.4 Å². The van der Waals surface area contributed by atoms with E-state index in [0.717, 1.165) is 0 Å². The van der Waals surface area contributed by atoms with Crippen molar-refractivity contribution in [1.82, 2.24) is 5.32 Å². The van der Waals surface area contributed by atoms with Crippen LogP contribution in [0.15, 0.2) is 0 Å². The fraction of sp³-hybridized carbons (Fsp3) is 0.714. The Bertz CT molecular complexity index is 308. The van der Waals surface area contributed by atoms with Gasteiger partial charge in [-0.05, 0) is 6.42 Å². The molecule has 0 heterocycles. The monoisotopic (exact) mass is 223 g/mol. The minimum atomic E-state index is -3.56. The Balaban J connectivity index is 3.89. The second-order valence-electron chi connectivity index (χ2n) is 2.76. The van der Waals surface area contributed by atoms with Crippen molar-refractivity contribution in [2.45, 2.75) is 12.8 Å². The third-order valence-corrected chi connectivity index (χ3v) is 3.08. The van der Waals surface area contributed by atoms with Crippen molar-refractivity contribution >= 4 is 21.7 Å². The van der Waals surface area contributed by atoms with Crippen molar-refractivity contribution in [2.75, 3.05) is 18.6 Å². The quantitative estimate of drug-likeness (QED) is 0.602. The Labute approximate surface area is 82.2 Å². The second kappa shape index (κ2) is 5.58. The molecule has 82 valence electrons. The minimum absolute atomic E-state index is 0.0926. The molecule has 0 fully saturated rings. The maximum Gasteiger partial charge on any atom is 0.318 e. The normalized spacial score (nSPS) is 10.9. The van der Waals surface area contributed by atoms with Crippen LogP contribution in [0.4, 0.5) is 0 Å². The molecule has 0 aromatic heterocycles. The SMILES string of the molecule is CNC(=O)CCCS(=O)(=O)CC(=O)O. The first-order valence-electron chi connectivity index (χ1n) is 4.00. The van der Waals surface area contributed by atoms with E-state index in [-0.39, 0.29) is 24.5 Å². The van der Waals surface area contributed by atoms with Gasteiger partial charge in [0, 0.05) is 13.5 Å². The van der Waals surface area contributed by atoms with Crippen molar-refractivity contribution in [3.8, 4) is 0 Å². The van der Waals surface area contributed by atoms with Crippen LogP contribution >= 0.6 is 0 Å². The highest BCUT2D eigenvalue weighted by molar-refractivity contribution is 7.92. The van der Waals surface area contributed by atoms with Crippen molar-refractivity contribution in [2.24, 2.45) is 0 Å². The maximum absolute atomic E-state index is 11.0. The van der Waals surface area contributed by atoms with Gasteiger partial charge in [-0.25, -0.2) is 8.42 Å². The van der Waals surface area contributed by atoms with Gasteiger partial charge in [0.1, 0.15) is 5.75 Å². The maximum atomic E-state index is 11.0. The largest absolute Gasteiger partial charge is 0.480 e. The van der Waals surface area contributed by atoms with E-state index >= 15 is 0 Å². The van der Waals surface area contributed by atoms with Crippen LogP contribution in [-0.4, -0.2) is 44.0 Å². The molecule has 7 heteroatoms. The zero-order valence-corrected chi connectivity index (χ0v) is 8.63. The first kappa shape index (κ1) is 12.9. The molecule has 0 aliphatic rings. The lowest BCUT2D eigenvalue weighted by molar-refractivity contribution is -0.134. The van der Waals surface area contributed by atoms with Gasteiger partial charge in [0.15, 0.2) is 9.84 Å². The Morgan fingerprint density at radius 1 is 1.36 bits per heavy atom. The first-order chi connectivity index (χ1) is 6.37. The summed E-state index contributed by atoms with van der Waals surface area (Å²) in [6.45, 7) is 0. The van der Waals surface area contributed by atoms with E-state index in [1.54, 1.807) is 0 Å². The Hall–Kier alpha value is -1.11. The van der Waals surface area contributed by atoms with Gasteiger partial charge in [0.05, 0.1) is 5.75 Å². The highest BCUT2D eigenvalue weighted by atomic mass is 32.2. The third-order valence-electron chi connectivity index (χ3n) is 1.48. The van der Waals surface area contributed by atoms with E-state index in [2.05, 4.69) is 5.32 Å². The summed E-state index contributed by atoms with van der Waals surface area (Å²) in [6, 6.07) is 0. The predicted molar refractivity (Wildman–Crippen MR) is 49.6 cm³/mol. The van der Waals surface area contributed by atoms with Gasteiger partial charge >= 0.3 is 5.97 Å². The molecule has 0 aromatic rings. The molecule has 6 nitrogen and oxygen atoms in total. The number of hydrogen-bond acceptors (Lipinski definition) is 4. The Kier molecular flexibility index (Phi) is 5.14. The second-order valence-corrected chi connectivity index (χ2v) is 4.95. The molecule has 0 saturated heterocycles. The van der Waals surface area contributed by atoms with Crippen LogP contribution in [0.3, 0.4) is 0 Å². The number of aliphatic carboxylic acids is 1. The lowest BCUT2D eigenvalue weighted by Crippen LogP contribution is -2.21. The van der Waals surface area contributed by atoms with Crippen molar-refractivity contribution in [3.05, 3.63) is 0 Å². The molecule has 0 aliphatic heterocycles. The summed E-state index contributed by atoms with van der Waals surface area (Å²) in [5.41, 5.74) is 0. The summed E-state index contributed by atoms with van der Waals surface area (Å²) < 4.78 is 22.0. The van der Waals surface area contributed by atoms with Gasteiger partial charge in [-0.1, -0.05) is 0 Å². The lowest BCUT2D eigenvalue weighted by atomic mass is 10.3. The van der Waals surface area contributed by atoms with Gasteiger partial charge in [-0.3, -0.25) is 9.59 Å². The van der Waals surface area contributed by atoms with Crippen LogP contribution in [0, 0.1) is 0 Å². The number of carboxylic acids is 1. The van der Waals surface area contributed by atoms with E-state index in [4.69, 9.17) is 5.11 Å². The molecule has 0 unspecified atom stereocenters. The molecule has 0 saturated carbocycles. The molecule has 0 radical (unpaired) electrons. The van der Waals surface area contributed by atoms with E-state index in [9.17, 15) is 18.0 Å². The summed E-state index contributed by atoms with van der Waals surface area (Å²) in [7, 11) is -2.11. The highest BCUT2D eigenvalue weighted by Gasteiger charge is 2.15. The van der Waals surface area contributed by atoms with Crippen LogP contribution in [0.2, 0.25) is 0 Å². The zero-order chi connectivity index (χ0) is 11.2. The summed E-state index contributed by atoms with van der Waals surface area (Å²) in [4.78, 5) is 20.8. The topological polar surface area (TPSA) is 101 Å². The van der Waals surface area contributed by atoms with E-state index in [0.29, 0.717) is 0 Å². The van der Waals surface area contributed by atoms with Crippen molar-refractivity contribution in [1.29, 1.82) is 0 Å². The fourth-order valence-electron chi connectivity index (χ4n) is 0.838. The number of carbonyl (C=O) groups excluding carboxylic acids is 1. The summed E-state index contributed by atoms with van der Waals surface area (Å²) in [6.07, 6.45) is 0.241. The average molecular weight is 223 g/mol. The number of carboxylic acid groups (broad SMARTS) is 1. The van der Waals surface area contributed by atoms with Gasteiger partial charge in [0.25, 0.3) is 0 Å². The molecule has 1 amide bonds. The number of rotatable bonds is 6. The fourth-order valence-corrected chi connectivity index (χ4v) is 1.94. The number of amides is 1. The molecule has 0 rings (SSSR count). The number of hydrogen-bond donors (Lipinski definition) is 2. The zero-order valence-electron chi connectivity index (χ0n) is 7.82. The summed E-state index contributed by atoms with van der Waals surface area (Å²) >= 11 is 0. The molecule has 2 N–H and O–H groups in total. The average Bonchev–Trinajstić information content (AvgIpc) is 2.01. The van der Waals surface area contributed by atoms with Crippen LogP contribution in [0.5, 0.6) is 0 Å². The number of carbonyl (C=O) groups is 2. The standard InChI is InChI=1S/C7H13NO5S/c1-8-6(9)3-2-4-14(12,13)5-7(10)11/h2-5H2,1H3,(H,8,9)(H,10,11). The molecule has 0 spiro atoms. The Morgan fingerprint density at radius 2 is 1.93 bits per heavy atom. The molecule has 0 atom stereocenters. The minimum Gasteiger partial charge on any atom is -0.480 e. The van der Waals surface area contributed by atoms with E-state index in [1.165, 1.54) is 7.05 Å². The van der Waals surface area contributed by atoms with Crippen LogP contribution in [0.1, 0.15) is 12.8 Å². The molecule has 0 aromatic carbocycles. The highest BCUT2D eigenvalue weighted by Crippen LogP contribution is 1.97. The summed E-state index contributed by atoms with van der Waals surface area (Å²) in [5, 5.41) is 10.6. The molecular weight excluding hydrogens is 210 g/mol. The van der Waals surface area contributed by atoms with E-state index in [1.807, 2.05) is 0 Å². The third kappa shape index (κ3) is 6.41. The number of sulfone groups is 1. The number of nitrogens with one attached hydrogen (secondary N) is 1. The van der Waals surface area contributed by atoms with Crippen molar-refractivity contribution < 1.29 is 23.1 Å². The molecular formula is C7H13NO5S. The van der Waals surface area contributed by atoms with Crippen LogP contribution in [0.25, 0.3) is 0 Å². The smallest absolute Gasteiger partial charge is 0.318 e. The van der Waals surface area contributed by atoms with E-state index < -0.39 is 21.6 Å². The summed E-state index contributed by atoms with van der Waals surface area (Å²) in [5.74, 6) is -2.77. The predicted octanol–water partition coefficient (Wildman–Crippen LogP) is -0.988. The molecule has 0 bridgehead atoms. The van der Waals surface area contributed by atoms with Crippen molar-refractivity contribution in [3.63, 3.8) is 0 Å². The van der Waals surface area contributed by atoms with Crippen LogP contribution < -0.4 is 5.32 Å². The van der Waals surface area contributed by atoms with Gasteiger partial charge in [0.2, 0.25) is 5.91 Å². The van der Waals surface area contributed by atoms with Gasteiger partial charge < -0.3 is 10.4 Å².